The first-order chi connectivity index (χ1) is 19.7. The lowest BCUT2D eigenvalue weighted by molar-refractivity contribution is -0.136. The number of ether oxygens (including phenoxy) is 2. The van der Waals surface area contributed by atoms with E-state index in [4.69, 9.17) is 26.2 Å². The average molecular weight is 596 g/mol. The van der Waals surface area contributed by atoms with Gasteiger partial charge in [-0.15, -0.1) is 0 Å². The first kappa shape index (κ1) is 33.0. The fourth-order valence-corrected chi connectivity index (χ4v) is 5.41. The van der Waals surface area contributed by atoms with Crippen LogP contribution in [0, 0.1) is 13.8 Å². The number of carbonyl (C=O) groups is 2. The summed E-state index contributed by atoms with van der Waals surface area (Å²) in [6.45, 7) is 11.2. The molecule has 0 atom stereocenters. The predicted molar refractivity (Wildman–Crippen MR) is 169 cm³/mol. The summed E-state index contributed by atoms with van der Waals surface area (Å²) in [5.41, 5.74) is 9.35. The molecule has 0 radical (unpaired) electrons. The van der Waals surface area contributed by atoms with Crippen LogP contribution < -0.4 is 14.4 Å². The lowest BCUT2D eigenvalue weighted by atomic mass is 9.84. The van der Waals surface area contributed by atoms with Gasteiger partial charge in [-0.3, -0.25) is 9.59 Å². The van der Waals surface area contributed by atoms with Crippen LogP contribution in [0.15, 0.2) is 36.4 Å². The fraction of sp³-hybridized carbons (Fsp3) is 0.412. The smallest absolute Gasteiger partial charge is 0.307 e. The molecule has 2 N–H and O–H groups in total. The van der Waals surface area contributed by atoms with Crippen LogP contribution in [-0.4, -0.2) is 55.4 Å². The second-order valence-electron chi connectivity index (χ2n) is 11.6. The van der Waals surface area contributed by atoms with Crippen molar-refractivity contribution in [3.8, 4) is 22.6 Å². The van der Waals surface area contributed by atoms with Crippen molar-refractivity contribution in [2.24, 2.45) is 0 Å². The van der Waals surface area contributed by atoms with E-state index in [2.05, 4.69) is 37.1 Å². The standard InChI is InChI=1S/C22H25NO3.C8H7ClO2.C4H10O/c1-13-11-19-17(8-9-23(19)3)22(18(13)12-21(24)25)16-6-7-20-15(14(16)2)5-4-10-26-20;1-11-8-4-7(9)3-2-6(8)5-10;1-4(2,3)5/h6-7,11H,4-5,8-10,12H2,1-3H3,(H,24,25);2-5H,1H3;5H,1-3H3. The summed E-state index contributed by atoms with van der Waals surface area (Å²) >= 11 is 5.66. The highest BCUT2D eigenvalue weighted by atomic mass is 35.5. The van der Waals surface area contributed by atoms with Gasteiger partial charge in [0.05, 0.1) is 31.3 Å². The first-order valence-electron chi connectivity index (χ1n) is 14.1. The lowest BCUT2D eigenvalue weighted by Crippen LogP contribution is -2.13. The molecule has 8 heteroatoms. The molecule has 0 bridgehead atoms. The Bertz CT molecular complexity index is 1440. The highest BCUT2D eigenvalue weighted by Gasteiger charge is 2.27. The van der Waals surface area contributed by atoms with E-state index in [1.165, 1.54) is 35.1 Å². The third-order valence-electron chi connectivity index (χ3n) is 7.15. The number of carboxylic acid groups (broad SMARTS) is 1. The first-order valence-corrected chi connectivity index (χ1v) is 14.5. The number of aliphatic hydroxyl groups is 1. The molecule has 2 aliphatic heterocycles. The molecule has 0 amide bonds. The molecule has 0 spiro atoms. The Morgan fingerprint density at radius 2 is 1.81 bits per heavy atom. The van der Waals surface area contributed by atoms with Crippen molar-refractivity contribution in [2.45, 2.75) is 65.9 Å². The number of aryl methyl sites for hydroxylation is 1. The molecule has 0 saturated heterocycles. The van der Waals surface area contributed by atoms with Gasteiger partial charge in [-0.05, 0) is 123 Å². The molecule has 0 unspecified atom stereocenters. The number of hydrogen-bond acceptors (Lipinski definition) is 6. The summed E-state index contributed by atoms with van der Waals surface area (Å²) < 4.78 is 10.7. The Balaban J connectivity index is 0.000000250. The Hall–Kier alpha value is -3.55. The Morgan fingerprint density at radius 1 is 1.12 bits per heavy atom. The summed E-state index contributed by atoms with van der Waals surface area (Å²) in [7, 11) is 3.61. The number of anilines is 1. The Labute approximate surface area is 254 Å². The number of carboxylic acids is 1. The molecule has 5 rings (SSSR count). The maximum absolute atomic E-state index is 11.6. The van der Waals surface area contributed by atoms with Crippen molar-refractivity contribution in [3.63, 3.8) is 0 Å². The molecule has 3 aromatic rings. The molecule has 0 fully saturated rings. The molecule has 3 aromatic carbocycles. The molecule has 226 valence electrons. The van der Waals surface area contributed by atoms with Crippen LogP contribution >= 0.6 is 11.6 Å². The van der Waals surface area contributed by atoms with Gasteiger partial charge in [0.25, 0.3) is 0 Å². The molecule has 2 heterocycles. The Kier molecular flexibility index (Phi) is 11.0. The number of likely N-dealkylation sites (N-methyl/N-ethyl adjacent to an activating group) is 1. The number of benzene rings is 3. The van der Waals surface area contributed by atoms with Gasteiger partial charge < -0.3 is 24.6 Å². The number of fused-ring (bicyclic) bond motifs is 2. The van der Waals surface area contributed by atoms with Crippen molar-refractivity contribution in [2.75, 3.05) is 32.2 Å². The van der Waals surface area contributed by atoms with Crippen molar-refractivity contribution < 1.29 is 29.3 Å². The van der Waals surface area contributed by atoms with Gasteiger partial charge in [-0.1, -0.05) is 17.7 Å². The number of aliphatic carboxylic acids is 1. The average Bonchev–Trinajstić information content (AvgIpc) is 3.28. The summed E-state index contributed by atoms with van der Waals surface area (Å²) in [5.74, 6) is 0.714. The second-order valence-corrected chi connectivity index (χ2v) is 12.1. The number of halogens is 1. The number of carbonyl (C=O) groups excluding carboxylic acids is 1. The predicted octanol–water partition coefficient (Wildman–Crippen LogP) is 6.85. The van der Waals surface area contributed by atoms with Gasteiger partial charge in [0.1, 0.15) is 11.5 Å². The SMILES string of the molecule is CC(C)(C)O.COc1cc(Cl)ccc1C=O.Cc1cc2c(c(-c3ccc4c(c3C)CCCO4)c1CC(=O)O)CCN2C. The summed E-state index contributed by atoms with van der Waals surface area (Å²) in [6, 6.07) is 11.2. The van der Waals surface area contributed by atoms with Crippen molar-refractivity contribution in [1.29, 1.82) is 0 Å². The van der Waals surface area contributed by atoms with E-state index in [-0.39, 0.29) is 6.42 Å². The van der Waals surface area contributed by atoms with Crippen LogP contribution in [-0.2, 0) is 24.1 Å². The molecule has 7 nitrogen and oxygen atoms in total. The van der Waals surface area contributed by atoms with Gasteiger partial charge >= 0.3 is 5.97 Å². The van der Waals surface area contributed by atoms with E-state index in [1.807, 2.05) is 6.92 Å². The van der Waals surface area contributed by atoms with Crippen LogP contribution in [0.3, 0.4) is 0 Å². The number of rotatable bonds is 5. The van der Waals surface area contributed by atoms with Crippen LogP contribution in [0.25, 0.3) is 11.1 Å². The molecule has 2 aliphatic rings. The lowest BCUT2D eigenvalue weighted by Gasteiger charge is -2.24. The minimum Gasteiger partial charge on any atom is -0.496 e. The maximum atomic E-state index is 11.6. The van der Waals surface area contributed by atoms with Gasteiger partial charge in [-0.2, -0.15) is 0 Å². The molecular weight excluding hydrogens is 554 g/mol. The normalized spacial score (nSPS) is 13.4. The minimum absolute atomic E-state index is 0.0607. The van der Waals surface area contributed by atoms with E-state index in [0.29, 0.717) is 16.3 Å². The molecule has 0 saturated carbocycles. The molecule has 42 heavy (non-hydrogen) atoms. The van der Waals surface area contributed by atoms with E-state index < -0.39 is 11.6 Å². The zero-order chi connectivity index (χ0) is 31.2. The van der Waals surface area contributed by atoms with Crippen molar-refractivity contribution >= 4 is 29.5 Å². The fourth-order valence-electron chi connectivity index (χ4n) is 5.25. The van der Waals surface area contributed by atoms with Gasteiger partial charge in [0.15, 0.2) is 6.29 Å². The maximum Gasteiger partial charge on any atom is 0.307 e. The second kappa shape index (κ2) is 14.1. The zero-order valence-electron chi connectivity index (χ0n) is 25.6. The molecule has 0 aliphatic carbocycles. The quantitative estimate of drug-likeness (QED) is 0.311. The number of hydrogen-bond donors (Lipinski definition) is 2. The van der Waals surface area contributed by atoms with Gasteiger partial charge in [-0.25, -0.2) is 0 Å². The van der Waals surface area contributed by atoms with Gasteiger partial charge in [0.2, 0.25) is 0 Å². The summed E-state index contributed by atoms with van der Waals surface area (Å²) in [4.78, 5) is 24.2. The van der Waals surface area contributed by atoms with E-state index in [9.17, 15) is 14.7 Å². The van der Waals surface area contributed by atoms with Crippen LogP contribution in [0.2, 0.25) is 5.02 Å². The molecule has 0 aromatic heterocycles. The third-order valence-corrected chi connectivity index (χ3v) is 7.39. The van der Waals surface area contributed by atoms with Crippen LogP contribution in [0.5, 0.6) is 11.5 Å². The molecular formula is C34H42ClNO6. The van der Waals surface area contributed by atoms with Gasteiger partial charge in [0, 0.05) is 24.3 Å². The van der Waals surface area contributed by atoms with Crippen LogP contribution in [0.1, 0.15) is 65.4 Å². The minimum atomic E-state index is -0.778. The van der Waals surface area contributed by atoms with E-state index in [0.717, 1.165) is 61.1 Å². The summed E-state index contributed by atoms with van der Waals surface area (Å²) in [5, 5.41) is 18.6. The number of nitrogens with zero attached hydrogens (tertiary/aromatic N) is 1. The number of aldehydes is 1. The highest BCUT2D eigenvalue weighted by molar-refractivity contribution is 6.30. The van der Waals surface area contributed by atoms with E-state index in [1.54, 1.807) is 39.0 Å². The zero-order valence-corrected chi connectivity index (χ0v) is 26.4. The van der Waals surface area contributed by atoms with Crippen molar-refractivity contribution in [1.82, 2.24) is 0 Å². The Morgan fingerprint density at radius 3 is 2.43 bits per heavy atom. The largest absolute Gasteiger partial charge is 0.496 e. The third kappa shape index (κ3) is 8.26. The number of methoxy groups -OCH3 is 1. The topological polar surface area (TPSA) is 96.3 Å². The highest BCUT2D eigenvalue weighted by Crippen LogP contribution is 2.43. The monoisotopic (exact) mass is 595 g/mol. The van der Waals surface area contributed by atoms with E-state index >= 15 is 0 Å². The van der Waals surface area contributed by atoms with Crippen molar-refractivity contribution in [3.05, 3.63) is 74.8 Å². The summed E-state index contributed by atoms with van der Waals surface area (Å²) in [6.07, 6.45) is 3.81. The van der Waals surface area contributed by atoms with Crippen LogP contribution in [0.4, 0.5) is 5.69 Å².